The summed E-state index contributed by atoms with van der Waals surface area (Å²) in [6.45, 7) is 4.13. The monoisotopic (exact) mass is 278 g/mol. The Bertz CT molecular complexity index is 585. The molecule has 0 saturated heterocycles. The number of hydrogen-bond acceptors (Lipinski definition) is 6. The zero-order chi connectivity index (χ0) is 13.5. The lowest BCUT2D eigenvalue weighted by Gasteiger charge is -2.34. The lowest BCUT2D eigenvalue weighted by Crippen LogP contribution is -2.44. The van der Waals surface area contributed by atoms with Crippen molar-refractivity contribution < 1.29 is 4.52 Å². The molecule has 2 N–H and O–H groups in total. The van der Waals surface area contributed by atoms with Crippen LogP contribution in [0.4, 0.5) is 0 Å². The number of aromatic nitrogens is 3. The van der Waals surface area contributed by atoms with Gasteiger partial charge < -0.3 is 10.3 Å². The summed E-state index contributed by atoms with van der Waals surface area (Å²) in [6, 6.07) is 0. The van der Waals surface area contributed by atoms with Gasteiger partial charge in [-0.1, -0.05) is 12.1 Å². The summed E-state index contributed by atoms with van der Waals surface area (Å²) in [5, 5.41) is 5.18. The molecule has 1 saturated carbocycles. The van der Waals surface area contributed by atoms with Crippen molar-refractivity contribution >= 4 is 11.3 Å². The van der Waals surface area contributed by atoms with Crippen molar-refractivity contribution in [2.45, 2.75) is 51.5 Å². The summed E-state index contributed by atoms with van der Waals surface area (Å²) in [4.78, 5) is 9.99. The Morgan fingerprint density at radius 3 is 2.79 bits per heavy atom. The van der Waals surface area contributed by atoms with E-state index in [9.17, 15) is 0 Å². The van der Waals surface area contributed by atoms with E-state index in [0.29, 0.717) is 11.7 Å². The van der Waals surface area contributed by atoms with Gasteiger partial charge in [-0.3, -0.25) is 0 Å². The molecule has 0 spiro atoms. The molecule has 2 aromatic rings. The van der Waals surface area contributed by atoms with Gasteiger partial charge in [0.2, 0.25) is 0 Å². The minimum absolute atomic E-state index is 0.368. The van der Waals surface area contributed by atoms with Gasteiger partial charge in [0, 0.05) is 0 Å². The molecular weight excluding hydrogens is 260 g/mol. The standard InChI is InChI=1S/C13H18N4OS/c1-3-5-9-15-8(2)10(19-9)11-16-12(17-18-11)13(14)6-4-7-13/h3-7,14H2,1-2H3. The fourth-order valence-electron chi connectivity index (χ4n) is 2.27. The molecule has 0 amide bonds. The summed E-state index contributed by atoms with van der Waals surface area (Å²) < 4.78 is 5.37. The Balaban J connectivity index is 1.90. The van der Waals surface area contributed by atoms with Crippen molar-refractivity contribution in [3.63, 3.8) is 0 Å². The molecule has 0 unspecified atom stereocenters. The van der Waals surface area contributed by atoms with Crippen LogP contribution in [0.1, 0.15) is 49.1 Å². The van der Waals surface area contributed by atoms with Gasteiger partial charge in [0.15, 0.2) is 5.82 Å². The summed E-state index contributed by atoms with van der Waals surface area (Å²) in [7, 11) is 0. The Morgan fingerprint density at radius 1 is 1.37 bits per heavy atom. The van der Waals surface area contributed by atoms with E-state index in [-0.39, 0.29) is 5.54 Å². The highest BCUT2D eigenvalue weighted by Crippen LogP contribution is 2.38. The molecule has 6 heteroatoms. The first-order valence-corrected chi connectivity index (χ1v) is 7.54. The van der Waals surface area contributed by atoms with E-state index in [2.05, 4.69) is 22.0 Å². The zero-order valence-corrected chi connectivity index (χ0v) is 12.1. The quantitative estimate of drug-likeness (QED) is 0.930. The van der Waals surface area contributed by atoms with Crippen LogP contribution in [0.25, 0.3) is 10.8 Å². The second-order valence-electron chi connectivity index (χ2n) is 5.20. The molecule has 19 heavy (non-hydrogen) atoms. The topological polar surface area (TPSA) is 77.8 Å². The first kappa shape index (κ1) is 12.7. The third-order valence-electron chi connectivity index (χ3n) is 3.62. The molecule has 1 fully saturated rings. The lowest BCUT2D eigenvalue weighted by molar-refractivity contribution is 0.229. The molecule has 3 rings (SSSR count). The average Bonchev–Trinajstić information content (AvgIpc) is 2.93. The summed E-state index contributed by atoms with van der Waals surface area (Å²) >= 11 is 1.64. The first-order valence-electron chi connectivity index (χ1n) is 6.72. The van der Waals surface area contributed by atoms with Gasteiger partial charge >= 0.3 is 0 Å². The Labute approximate surface area is 116 Å². The summed E-state index contributed by atoms with van der Waals surface area (Å²) in [5.74, 6) is 1.20. The van der Waals surface area contributed by atoms with E-state index in [1.165, 1.54) is 0 Å². The van der Waals surface area contributed by atoms with Gasteiger partial charge in [-0.2, -0.15) is 4.98 Å². The molecule has 2 heterocycles. The van der Waals surface area contributed by atoms with Crippen LogP contribution in [0, 0.1) is 6.92 Å². The number of nitrogens with two attached hydrogens (primary N) is 1. The molecule has 1 aliphatic carbocycles. The number of hydrogen-bond donors (Lipinski definition) is 1. The van der Waals surface area contributed by atoms with E-state index >= 15 is 0 Å². The van der Waals surface area contributed by atoms with Gasteiger partial charge in [0.1, 0.15) is 4.88 Å². The van der Waals surface area contributed by atoms with E-state index in [0.717, 1.165) is 47.7 Å². The molecule has 0 aliphatic heterocycles. The van der Waals surface area contributed by atoms with Crippen LogP contribution in [0.3, 0.4) is 0 Å². The normalized spacial score (nSPS) is 17.4. The third-order valence-corrected chi connectivity index (χ3v) is 4.82. The van der Waals surface area contributed by atoms with Crippen molar-refractivity contribution in [2.24, 2.45) is 5.73 Å². The lowest BCUT2D eigenvalue weighted by atomic mass is 9.77. The number of aryl methyl sites for hydroxylation is 2. The van der Waals surface area contributed by atoms with Gasteiger partial charge in [0.25, 0.3) is 5.89 Å². The molecule has 2 aromatic heterocycles. The Kier molecular flexibility index (Phi) is 3.14. The second-order valence-corrected chi connectivity index (χ2v) is 6.29. The van der Waals surface area contributed by atoms with E-state index in [4.69, 9.17) is 10.3 Å². The van der Waals surface area contributed by atoms with Crippen molar-refractivity contribution in [3.8, 4) is 10.8 Å². The smallest absolute Gasteiger partial charge is 0.269 e. The molecule has 0 bridgehead atoms. The summed E-state index contributed by atoms with van der Waals surface area (Å²) in [6.07, 6.45) is 5.10. The second kappa shape index (κ2) is 4.68. The van der Waals surface area contributed by atoms with E-state index in [1.807, 2.05) is 6.92 Å². The number of rotatable bonds is 4. The fourth-order valence-corrected chi connectivity index (χ4v) is 3.36. The van der Waals surface area contributed by atoms with Crippen LogP contribution in [0.2, 0.25) is 0 Å². The highest BCUT2D eigenvalue weighted by molar-refractivity contribution is 7.15. The van der Waals surface area contributed by atoms with Crippen molar-refractivity contribution in [3.05, 3.63) is 16.5 Å². The largest absolute Gasteiger partial charge is 0.333 e. The Hall–Kier alpha value is -1.27. The maximum atomic E-state index is 6.21. The molecular formula is C13H18N4OS. The SMILES string of the molecule is CCCc1nc(C)c(-c2nc(C3(N)CCC3)no2)s1. The molecule has 0 aromatic carbocycles. The molecule has 0 atom stereocenters. The minimum atomic E-state index is -0.368. The van der Waals surface area contributed by atoms with Crippen LogP contribution < -0.4 is 5.73 Å². The molecule has 0 radical (unpaired) electrons. The molecule has 5 nitrogen and oxygen atoms in total. The Morgan fingerprint density at radius 2 is 2.16 bits per heavy atom. The van der Waals surface area contributed by atoms with Crippen molar-refractivity contribution in [1.29, 1.82) is 0 Å². The van der Waals surface area contributed by atoms with Crippen LogP contribution in [0.5, 0.6) is 0 Å². The highest BCUT2D eigenvalue weighted by atomic mass is 32.1. The van der Waals surface area contributed by atoms with Crippen LogP contribution in [-0.4, -0.2) is 15.1 Å². The van der Waals surface area contributed by atoms with Crippen molar-refractivity contribution in [1.82, 2.24) is 15.1 Å². The number of nitrogens with zero attached hydrogens (tertiary/aromatic N) is 3. The maximum Gasteiger partial charge on any atom is 0.269 e. The van der Waals surface area contributed by atoms with Gasteiger partial charge in [-0.25, -0.2) is 4.98 Å². The first-order chi connectivity index (χ1) is 9.12. The average molecular weight is 278 g/mol. The molecule has 1 aliphatic rings. The van der Waals surface area contributed by atoms with Crippen LogP contribution in [-0.2, 0) is 12.0 Å². The summed E-state index contributed by atoms with van der Waals surface area (Å²) in [5.41, 5.74) is 6.80. The predicted octanol–water partition coefficient (Wildman–Crippen LogP) is 2.79. The third kappa shape index (κ3) is 2.19. The number of thiazole rings is 1. The van der Waals surface area contributed by atoms with Crippen LogP contribution >= 0.6 is 11.3 Å². The maximum absolute atomic E-state index is 6.21. The van der Waals surface area contributed by atoms with Gasteiger partial charge in [0.05, 0.1) is 16.2 Å². The van der Waals surface area contributed by atoms with Gasteiger partial charge in [-0.05, 0) is 39.0 Å². The van der Waals surface area contributed by atoms with Gasteiger partial charge in [-0.15, -0.1) is 11.3 Å². The fraction of sp³-hybridized carbons (Fsp3) is 0.615. The zero-order valence-electron chi connectivity index (χ0n) is 11.3. The predicted molar refractivity (Wildman–Crippen MR) is 73.9 cm³/mol. The van der Waals surface area contributed by atoms with E-state index in [1.54, 1.807) is 11.3 Å². The van der Waals surface area contributed by atoms with E-state index < -0.39 is 0 Å². The minimum Gasteiger partial charge on any atom is -0.333 e. The van der Waals surface area contributed by atoms with Crippen LogP contribution in [0.15, 0.2) is 4.52 Å². The molecule has 102 valence electrons. The highest BCUT2D eigenvalue weighted by Gasteiger charge is 2.39. The van der Waals surface area contributed by atoms with Crippen molar-refractivity contribution in [2.75, 3.05) is 0 Å².